The Balaban J connectivity index is 2.70. The van der Waals surface area contributed by atoms with Crippen LogP contribution in [0.15, 0.2) is 23.1 Å². The van der Waals surface area contributed by atoms with E-state index in [0.717, 1.165) is 0 Å². The van der Waals surface area contributed by atoms with Gasteiger partial charge >= 0.3 is 0 Å². The van der Waals surface area contributed by atoms with E-state index in [1.165, 1.54) is 18.2 Å². The molecule has 0 heterocycles. The molecule has 2 nitrogen and oxygen atoms in total. The lowest BCUT2D eigenvalue weighted by Gasteiger charge is -2.05. The maximum absolute atomic E-state index is 12.8. The van der Waals surface area contributed by atoms with Crippen LogP contribution in [-0.4, -0.2) is 16.0 Å². The molecule has 0 fully saturated rings. The molecule has 5 heteroatoms. The number of hydrogen-bond donors (Lipinski definition) is 1. The first-order chi connectivity index (χ1) is 7.00. The van der Waals surface area contributed by atoms with E-state index < -0.39 is 16.6 Å². The van der Waals surface area contributed by atoms with E-state index in [9.17, 15) is 8.60 Å². The van der Waals surface area contributed by atoms with Crippen molar-refractivity contribution in [3.05, 3.63) is 29.0 Å². The lowest BCUT2D eigenvalue weighted by atomic mass is 10.3. The molecular weight excluding hydrogens is 237 g/mol. The fourth-order valence-corrected chi connectivity index (χ4v) is 2.57. The summed E-state index contributed by atoms with van der Waals surface area (Å²) < 4.78 is 24.5. The molecule has 0 saturated heterocycles. The van der Waals surface area contributed by atoms with Crippen LogP contribution in [0, 0.1) is 5.82 Å². The third-order valence-corrected chi connectivity index (χ3v) is 3.59. The van der Waals surface area contributed by atoms with E-state index >= 15 is 0 Å². The van der Waals surface area contributed by atoms with Gasteiger partial charge in [0.2, 0.25) is 0 Å². The van der Waals surface area contributed by atoms with Crippen molar-refractivity contribution in [2.75, 3.05) is 5.75 Å². The number of hydrogen-bond acceptors (Lipinski definition) is 2. The summed E-state index contributed by atoms with van der Waals surface area (Å²) in [6, 6.07) is 4.12. The Morgan fingerprint density at radius 1 is 1.60 bits per heavy atom. The first-order valence-electron chi connectivity index (χ1n) is 4.59. The van der Waals surface area contributed by atoms with E-state index in [0.29, 0.717) is 17.1 Å². The Kier molecular flexibility index (Phi) is 4.70. The van der Waals surface area contributed by atoms with Crippen molar-refractivity contribution in [3.8, 4) is 0 Å². The molecule has 1 aromatic carbocycles. The van der Waals surface area contributed by atoms with Crippen molar-refractivity contribution in [1.29, 1.82) is 0 Å². The fourth-order valence-electron chi connectivity index (χ4n) is 1.03. The van der Waals surface area contributed by atoms with E-state index in [1.54, 1.807) is 0 Å². The Labute approximate surface area is 96.1 Å². The van der Waals surface area contributed by atoms with Crippen LogP contribution in [0.2, 0.25) is 5.02 Å². The summed E-state index contributed by atoms with van der Waals surface area (Å²) >= 11 is 5.59. The quantitative estimate of drug-likeness (QED) is 0.890. The summed E-state index contributed by atoms with van der Waals surface area (Å²) in [6.07, 6.45) is 0.668. The minimum absolute atomic E-state index is 0.00152. The maximum atomic E-state index is 12.8. The topological polar surface area (TPSA) is 43.1 Å². The van der Waals surface area contributed by atoms with Crippen molar-refractivity contribution in [2.45, 2.75) is 24.3 Å². The van der Waals surface area contributed by atoms with E-state index in [4.69, 9.17) is 17.3 Å². The van der Waals surface area contributed by atoms with Crippen molar-refractivity contribution in [2.24, 2.45) is 5.73 Å². The number of nitrogens with two attached hydrogens (primary N) is 1. The smallest absolute Gasteiger partial charge is 0.141 e. The monoisotopic (exact) mass is 249 g/mol. The molecule has 1 rings (SSSR count). The molecule has 2 N–H and O–H groups in total. The van der Waals surface area contributed by atoms with Gasteiger partial charge in [0.15, 0.2) is 0 Å². The molecule has 0 aliphatic heterocycles. The summed E-state index contributed by atoms with van der Waals surface area (Å²) in [5.74, 6) is -0.0239. The minimum Gasteiger partial charge on any atom is -0.328 e. The first-order valence-corrected chi connectivity index (χ1v) is 6.29. The van der Waals surface area contributed by atoms with Gasteiger partial charge in [0.1, 0.15) is 5.82 Å². The van der Waals surface area contributed by atoms with E-state index in [2.05, 4.69) is 0 Å². The molecule has 0 spiro atoms. The zero-order chi connectivity index (χ0) is 11.4. The normalized spacial score (nSPS) is 14.9. The number of halogens is 2. The lowest BCUT2D eigenvalue weighted by Crippen LogP contribution is -2.17. The molecule has 2 atom stereocenters. The highest BCUT2D eigenvalue weighted by Gasteiger charge is 2.08. The highest BCUT2D eigenvalue weighted by atomic mass is 35.5. The number of benzene rings is 1. The fraction of sp³-hybridized carbons (Fsp3) is 0.400. The van der Waals surface area contributed by atoms with Gasteiger partial charge in [-0.2, -0.15) is 0 Å². The average Bonchev–Trinajstić information content (AvgIpc) is 2.18. The Hall–Kier alpha value is -0.450. The Morgan fingerprint density at radius 2 is 2.27 bits per heavy atom. The molecule has 0 aliphatic carbocycles. The largest absolute Gasteiger partial charge is 0.328 e. The molecular formula is C10H13ClFNOS. The van der Waals surface area contributed by atoms with Crippen molar-refractivity contribution in [1.82, 2.24) is 0 Å². The van der Waals surface area contributed by atoms with Gasteiger partial charge in [-0.25, -0.2) is 4.39 Å². The van der Waals surface area contributed by atoms with Crippen LogP contribution in [0.3, 0.4) is 0 Å². The van der Waals surface area contributed by atoms with Crippen molar-refractivity contribution < 1.29 is 8.60 Å². The second kappa shape index (κ2) is 5.58. The molecule has 0 saturated carbocycles. The van der Waals surface area contributed by atoms with Crippen LogP contribution >= 0.6 is 11.6 Å². The molecule has 84 valence electrons. The van der Waals surface area contributed by atoms with Gasteiger partial charge in [0, 0.05) is 16.7 Å². The summed E-state index contributed by atoms with van der Waals surface area (Å²) in [6.45, 7) is 1.86. The third kappa shape index (κ3) is 3.89. The van der Waals surface area contributed by atoms with Crippen LogP contribution < -0.4 is 5.73 Å². The van der Waals surface area contributed by atoms with Crippen LogP contribution in [0.4, 0.5) is 4.39 Å². The highest BCUT2D eigenvalue weighted by Crippen LogP contribution is 2.18. The molecule has 2 unspecified atom stereocenters. The van der Waals surface area contributed by atoms with Gasteiger partial charge < -0.3 is 5.73 Å². The van der Waals surface area contributed by atoms with Gasteiger partial charge in [-0.1, -0.05) is 11.6 Å². The highest BCUT2D eigenvalue weighted by molar-refractivity contribution is 7.85. The molecule has 0 aromatic heterocycles. The first kappa shape index (κ1) is 12.6. The zero-order valence-electron chi connectivity index (χ0n) is 8.37. The molecule has 0 bridgehead atoms. The molecule has 0 amide bonds. The van der Waals surface area contributed by atoms with Gasteiger partial charge in [-0.3, -0.25) is 4.21 Å². The van der Waals surface area contributed by atoms with Crippen molar-refractivity contribution >= 4 is 22.4 Å². The minimum atomic E-state index is -1.15. The van der Waals surface area contributed by atoms with Gasteiger partial charge in [0.05, 0.1) is 15.8 Å². The molecule has 15 heavy (non-hydrogen) atoms. The Bertz CT molecular complexity index is 370. The SMILES string of the molecule is CC(N)CCS(=O)c1ccc(F)c(Cl)c1. The molecule has 1 aromatic rings. The second-order valence-corrected chi connectivity index (χ2v) is 5.37. The van der Waals surface area contributed by atoms with Gasteiger partial charge in [-0.05, 0) is 31.5 Å². The maximum Gasteiger partial charge on any atom is 0.141 e. The summed E-state index contributed by atoms with van der Waals surface area (Å²) in [5, 5.41) is 0.00152. The van der Waals surface area contributed by atoms with Crippen LogP contribution in [0.5, 0.6) is 0 Å². The summed E-state index contributed by atoms with van der Waals surface area (Å²) in [7, 11) is -1.15. The predicted octanol–water partition coefficient (Wildman–Crippen LogP) is 2.32. The van der Waals surface area contributed by atoms with Crippen LogP contribution in [0.1, 0.15) is 13.3 Å². The van der Waals surface area contributed by atoms with Crippen molar-refractivity contribution in [3.63, 3.8) is 0 Å². The molecule has 0 radical (unpaired) electrons. The van der Waals surface area contributed by atoms with Crippen LogP contribution in [-0.2, 0) is 10.8 Å². The summed E-state index contributed by atoms with van der Waals surface area (Å²) in [5.41, 5.74) is 5.55. The third-order valence-electron chi connectivity index (χ3n) is 1.91. The standard InChI is InChI=1S/C10H13ClFNOS/c1-7(13)4-5-15(14)8-2-3-10(12)9(11)6-8/h2-3,6-7H,4-5,13H2,1H3. The zero-order valence-corrected chi connectivity index (χ0v) is 9.95. The van der Waals surface area contributed by atoms with Gasteiger partial charge in [-0.15, -0.1) is 0 Å². The molecule has 0 aliphatic rings. The van der Waals surface area contributed by atoms with E-state index in [1.807, 2.05) is 6.92 Å². The van der Waals surface area contributed by atoms with Gasteiger partial charge in [0.25, 0.3) is 0 Å². The second-order valence-electron chi connectivity index (χ2n) is 3.39. The average molecular weight is 250 g/mol. The Morgan fingerprint density at radius 3 is 2.80 bits per heavy atom. The van der Waals surface area contributed by atoms with E-state index in [-0.39, 0.29) is 11.1 Å². The lowest BCUT2D eigenvalue weighted by molar-refractivity contribution is 0.626. The summed E-state index contributed by atoms with van der Waals surface area (Å²) in [4.78, 5) is 0.544. The number of rotatable bonds is 4. The predicted molar refractivity (Wildman–Crippen MR) is 61.0 cm³/mol. The van der Waals surface area contributed by atoms with Crippen LogP contribution in [0.25, 0.3) is 0 Å².